The topological polar surface area (TPSA) is 69.6 Å². The van der Waals surface area contributed by atoms with Gasteiger partial charge in [-0.05, 0) is 63.1 Å². The maximum absolute atomic E-state index is 12.6. The first kappa shape index (κ1) is 22.2. The second-order valence-electron chi connectivity index (χ2n) is 7.57. The van der Waals surface area contributed by atoms with Gasteiger partial charge in [0.1, 0.15) is 0 Å². The summed E-state index contributed by atoms with van der Waals surface area (Å²) >= 11 is 0. The van der Waals surface area contributed by atoms with E-state index in [1.54, 1.807) is 0 Å². The van der Waals surface area contributed by atoms with Crippen LogP contribution in [0.1, 0.15) is 57.6 Å². The van der Waals surface area contributed by atoms with Crippen LogP contribution in [0.25, 0.3) is 0 Å². The molecule has 0 aromatic carbocycles. The number of amides is 1. The lowest BCUT2D eigenvalue weighted by Gasteiger charge is -2.34. The van der Waals surface area contributed by atoms with Crippen LogP contribution in [0.4, 0.5) is 0 Å². The number of aliphatic imine (C=N–C) groups is 1. The van der Waals surface area contributed by atoms with E-state index in [4.69, 9.17) is 4.99 Å². The van der Waals surface area contributed by atoms with Crippen LogP contribution in [0, 0.1) is 12.8 Å². The van der Waals surface area contributed by atoms with Crippen LogP contribution in [-0.4, -0.2) is 54.0 Å². The lowest BCUT2D eigenvalue weighted by atomic mass is 9.98. The Balaban J connectivity index is 1.84. The molecule has 0 spiro atoms. The number of rotatable bonds is 8. The number of nitrogens with zero attached hydrogens (tertiary/aromatic N) is 3. The van der Waals surface area contributed by atoms with Crippen molar-refractivity contribution in [2.24, 2.45) is 10.9 Å². The molecule has 0 atom stereocenters. The van der Waals surface area contributed by atoms with Gasteiger partial charge in [-0.2, -0.15) is 0 Å². The van der Waals surface area contributed by atoms with E-state index in [0.717, 1.165) is 64.2 Å². The summed E-state index contributed by atoms with van der Waals surface area (Å²) in [5, 5.41) is 6.91. The Morgan fingerprint density at radius 1 is 1.29 bits per heavy atom. The molecule has 0 radical (unpaired) electrons. The molecular weight excluding hydrogens is 350 g/mol. The summed E-state index contributed by atoms with van der Waals surface area (Å²) < 4.78 is 0. The molecule has 1 fully saturated rings. The molecule has 156 valence electrons. The molecule has 1 aromatic heterocycles. The molecule has 2 heterocycles. The maximum atomic E-state index is 12.6. The Morgan fingerprint density at radius 3 is 2.61 bits per heavy atom. The van der Waals surface area contributed by atoms with Crippen molar-refractivity contribution in [3.8, 4) is 0 Å². The summed E-state index contributed by atoms with van der Waals surface area (Å²) in [5.41, 5.74) is 2.51. The molecule has 28 heavy (non-hydrogen) atoms. The van der Waals surface area contributed by atoms with E-state index in [9.17, 15) is 4.79 Å². The second kappa shape index (κ2) is 11.7. The Bertz CT molecular complexity index is 634. The lowest BCUT2D eigenvalue weighted by Crippen LogP contribution is -2.50. The van der Waals surface area contributed by atoms with Crippen LogP contribution < -0.4 is 10.6 Å². The standard InChI is InChI=1S/C22H37N5O/c1-5-18(6-2)21(28)27-14-10-20(11-15-27)26-22(24-7-3)25-13-9-19-8-12-23-16-17(19)4/h8,12,16,18,20H,5-7,9-11,13-15H2,1-4H3,(H2,24,25,26). The van der Waals surface area contributed by atoms with Crippen LogP contribution >= 0.6 is 0 Å². The Kier molecular flexibility index (Phi) is 9.24. The number of carbonyl (C=O) groups is 1. The van der Waals surface area contributed by atoms with Crippen LogP contribution in [0.3, 0.4) is 0 Å². The summed E-state index contributed by atoms with van der Waals surface area (Å²) in [6.45, 7) is 11.6. The van der Waals surface area contributed by atoms with Crippen molar-refractivity contribution in [2.45, 2.75) is 65.8 Å². The number of hydrogen-bond donors (Lipinski definition) is 2. The van der Waals surface area contributed by atoms with Gasteiger partial charge in [0, 0.05) is 50.5 Å². The van der Waals surface area contributed by atoms with Gasteiger partial charge in [0.05, 0.1) is 0 Å². The third-order valence-corrected chi connectivity index (χ3v) is 5.61. The van der Waals surface area contributed by atoms with E-state index in [0.29, 0.717) is 11.9 Å². The van der Waals surface area contributed by atoms with Crippen molar-refractivity contribution in [2.75, 3.05) is 26.2 Å². The fourth-order valence-corrected chi connectivity index (χ4v) is 3.72. The van der Waals surface area contributed by atoms with Gasteiger partial charge in [0.2, 0.25) is 5.91 Å². The number of carbonyl (C=O) groups excluding carboxylic acids is 1. The molecule has 0 saturated carbocycles. The molecule has 1 amide bonds. The fourth-order valence-electron chi connectivity index (χ4n) is 3.72. The number of nitrogens with one attached hydrogen (secondary N) is 2. The summed E-state index contributed by atoms with van der Waals surface area (Å²) in [6.07, 6.45) is 8.46. The molecule has 0 unspecified atom stereocenters. The smallest absolute Gasteiger partial charge is 0.225 e. The highest BCUT2D eigenvalue weighted by Crippen LogP contribution is 2.17. The quantitative estimate of drug-likeness (QED) is 0.532. The van der Waals surface area contributed by atoms with E-state index >= 15 is 0 Å². The number of hydrogen-bond acceptors (Lipinski definition) is 3. The maximum Gasteiger partial charge on any atom is 0.225 e. The fraction of sp³-hybridized carbons (Fsp3) is 0.682. The summed E-state index contributed by atoms with van der Waals surface area (Å²) in [7, 11) is 0. The molecule has 1 aliphatic rings. The predicted octanol–water partition coefficient (Wildman–Crippen LogP) is 2.91. The van der Waals surface area contributed by atoms with E-state index in [2.05, 4.69) is 49.4 Å². The highest BCUT2D eigenvalue weighted by Gasteiger charge is 2.26. The van der Waals surface area contributed by atoms with Crippen LogP contribution in [-0.2, 0) is 11.2 Å². The predicted molar refractivity (Wildman–Crippen MR) is 115 cm³/mol. The molecule has 2 N–H and O–H groups in total. The lowest BCUT2D eigenvalue weighted by molar-refractivity contribution is -0.136. The van der Waals surface area contributed by atoms with E-state index in [1.807, 2.05) is 17.3 Å². The van der Waals surface area contributed by atoms with Crippen molar-refractivity contribution in [1.29, 1.82) is 0 Å². The zero-order chi connectivity index (χ0) is 20.4. The third-order valence-electron chi connectivity index (χ3n) is 5.61. The average Bonchev–Trinajstić information content (AvgIpc) is 2.71. The largest absolute Gasteiger partial charge is 0.357 e. The van der Waals surface area contributed by atoms with E-state index in [-0.39, 0.29) is 5.92 Å². The number of piperidine rings is 1. The normalized spacial score (nSPS) is 15.8. The van der Waals surface area contributed by atoms with E-state index < -0.39 is 0 Å². The van der Waals surface area contributed by atoms with Crippen LogP contribution in [0.5, 0.6) is 0 Å². The molecular formula is C22H37N5O. The molecule has 1 saturated heterocycles. The SMILES string of the molecule is CCNC(=NCCc1ccncc1C)NC1CCN(C(=O)C(CC)CC)CC1. The highest BCUT2D eigenvalue weighted by molar-refractivity contribution is 5.80. The van der Waals surface area contributed by atoms with Crippen molar-refractivity contribution in [3.63, 3.8) is 0 Å². The number of aryl methyl sites for hydroxylation is 1. The van der Waals surface area contributed by atoms with Crippen LogP contribution in [0.15, 0.2) is 23.5 Å². The number of aromatic nitrogens is 1. The second-order valence-corrected chi connectivity index (χ2v) is 7.57. The van der Waals surface area contributed by atoms with Gasteiger partial charge in [-0.15, -0.1) is 0 Å². The Hall–Kier alpha value is -2.11. The molecule has 1 aromatic rings. The third kappa shape index (κ3) is 6.50. The first-order valence-corrected chi connectivity index (χ1v) is 10.8. The minimum atomic E-state index is 0.181. The summed E-state index contributed by atoms with van der Waals surface area (Å²) in [4.78, 5) is 23.5. The summed E-state index contributed by atoms with van der Waals surface area (Å²) in [6, 6.07) is 2.43. The minimum Gasteiger partial charge on any atom is -0.357 e. The number of guanidine groups is 1. The zero-order valence-electron chi connectivity index (χ0n) is 18.0. The first-order valence-electron chi connectivity index (χ1n) is 10.8. The van der Waals surface area contributed by atoms with Gasteiger partial charge in [-0.25, -0.2) is 0 Å². The molecule has 0 bridgehead atoms. The molecule has 6 nitrogen and oxygen atoms in total. The Labute approximate surface area is 170 Å². The van der Waals surface area contributed by atoms with Gasteiger partial charge >= 0.3 is 0 Å². The molecule has 6 heteroatoms. The molecule has 1 aliphatic heterocycles. The van der Waals surface area contributed by atoms with Gasteiger partial charge in [-0.3, -0.25) is 14.8 Å². The minimum absolute atomic E-state index is 0.181. The van der Waals surface area contributed by atoms with Crippen molar-refractivity contribution >= 4 is 11.9 Å². The van der Waals surface area contributed by atoms with Gasteiger partial charge in [-0.1, -0.05) is 13.8 Å². The zero-order valence-corrected chi connectivity index (χ0v) is 18.0. The number of likely N-dealkylation sites (tertiary alicyclic amines) is 1. The number of pyridine rings is 1. The van der Waals surface area contributed by atoms with Crippen LogP contribution in [0.2, 0.25) is 0 Å². The van der Waals surface area contributed by atoms with Crippen molar-refractivity contribution in [1.82, 2.24) is 20.5 Å². The molecule has 2 rings (SSSR count). The first-order chi connectivity index (χ1) is 13.6. The monoisotopic (exact) mass is 387 g/mol. The van der Waals surface area contributed by atoms with Gasteiger partial charge < -0.3 is 15.5 Å². The Morgan fingerprint density at radius 2 is 2.00 bits per heavy atom. The summed E-state index contributed by atoms with van der Waals surface area (Å²) in [5.74, 6) is 1.38. The van der Waals surface area contributed by atoms with Crippen molar-refractivity contribution < 1.29 is 4.79 Å². The average molecular weight is 388 g/mol. The van der Waals surface area contributed by atoms with Gasteiger partial charge in [0.25, 0.3) is 0 Å². The van der Waals surface area contributed by atoms with Gasteiger partial charge in [0.15, 0.2) is 5.96 Å². The highest BCUT2D eigenvalue weighted by atomic mass is 16.2. The molecule has 0 aliphatic carbocycles. The van der Waals surface area contributed by atoms with Crippen molar-refractivity contribution in [3.05, 3.63) is 29.6 Å². The van der Waals surface area contributed by atoms with E-state index in [1.165, 1.54) is 11.1 Å².